The maximum Gasteiger partial charge on any atom is 0.214 e. The summed E-state index contributed by atoms with van der Waals surface area (Å²) >= 11 is 0. The molecule has 1 N–H and O–H groups in total. The van der Waals surface area contributed by atoms with Crippen molar-refractivity contribution in [3.05, 3.63) is 0 Å². The molecule has 1 aliphatic heterocycles. The van der Waals surface area contributed by atoms with Gasteiger partial charge in [-0.1, -0.05) is 26.7 Å². The number of rotatable bonds is 7. The summed E-state index contributed by atoms with van der Waals surface area (Å²) in [6.07, 6.45) is 7.60. The quantitative estimate of drug-likeness (QED) is 0.735. The molecule has 1 aliphatic carbocycles. The SMILES string of the molecule is CC(C)NCCCCS(=O)(=O)N1CCC2CCCCC21. The van der Waals surface area contributed by atoms with Gasteiger partial charge in [-0.2, -0.15) is 4.31 Å². The molecular weight excluding hydrogens is 272 g/mol. The van der Waals surface area contributed by atoms with Gasteiger partial charge in [0.05, 0.1) is 5.75 Å². The minimum Gasteiger partial charge on any atom is -0.315 e. The summed E-state index contributed by atoms with van der Waals surface area (Å²) in [6.45, 7) is 5.91. The number of fused-ring (bicyclic) bond motifs is 1. The van der Waals surface area contributed by atoms with Crippen LogP contribution in [-0.2, 0) is 10.0 Å². The lowest BCUT2D eigenvalue weighted by atomic mass is 9.86. The first-order valence-electron chi connectivity index (χ1n) is 8.23. The molecule has 0 aromatic rings. The molecule has 1 saturated carbocycles. The smallest absolute Gasteiger partial charge is 0.214 e. The maximum atomic E-state index is 12.5. The molecule has 0 radical (unpaired) electrons. The molecule has 1 heterocycles. The van der Waals surface area contributed by atoms with E-state index in [1.165, 1.54) is 19.3 Å². The Kier molecular flexibility index (Phi) is 5.87. The summed E-state index contributed by atoms with van der Waals surface area (Å²) in [4.78, 5) is 0. The predicted molar refractivity (Wildman–Crippen MR) is 83.2 cm³/mol. The number of sulfonamides is 1. The third-order valence-corrected chi connectivity index (χ3v) is 6.67. The number of hydrogen-bond donors (Lipinski definition) is 1. The Balaban J connectivity index is 1.78. The number of nitrogens with zero attached hydrogens (tertiary/aromatic N) is 1. The molecule has 118 valence electrons. The Morgan fingerprint density at radius 1 is 1.15 bits per heavy atom. The zero-order valence-electron chi connectivity index (χ0n) is 13.0. The molecule has 0 bridgehead atoms. The van der Waals surface area contributed by atoms with E-state index in [-0.39, 0.29) is 0 Å². The molecule has 5 heteroatoms. The molecule has 2 atom stereocenters. The molecule has 0 amide bonds. The fraction of sp³-hybridized carbons (Fsp3) is 1.00. The third kappa shape index (κ3) is 4.18. The van der Waals surface area contributed by atoms with E-state index in [0.717, 1.165) is 38.8 Å². The first-order chi connectivity index (χ1) is 9.50. The zero-order chi connectivity index (χ0) is 14.6. The second kappa shape index (κ2) is 7.23. The Morgan fingerprint density at radius 3 is 2.65 bits per heavy atom. The number of nitrogens with one attached hydrogen (secondary N) is 1. The van der Waals surface area contributed by atoms with E-state index in [2.05, 4.69) is 19.2 Å². The maximum absolute atomic E-state index is 12.5. The molecule has 4 nitrogen and oxygen atoms in total. The van der Waals surface area contributed by atoms with Crippen LogP contribution in [0, 0.1) is 5.92 Å². The van der Waals surface area contributed by atoms with Crippen LogP contribution >= 0.6 is 0 Å². The molecule has 2 aliphatic rings. The molecule has 0 spiro atoms. The molecule has 0 aromatic carbocycles. The molecule has 20 heavy (non-hydrogen) atoms. The van der Waals surface area contributed by atoms with Crippen LogP contribution < -0.4 is 5.32 Å². The Bertz CT molecular complexity index is 395. The first kappa shape index (κ1) is 16.2. The minimum atomic E-state index is -3.03. The summed E-state index contributed by atoms with van der Waals surface area (Å²) in [5, 5.41) is 3.34. The monoisotopic (exact) mass is 302 g/mol. The summed E-state index contributed by atoms with van der Waals surface area (Å²) in [6, 6.07) is 0.802. The molecule has 1 saturated heterocycles. The minimum absolute atomic E-state index is 0.322. The summed E-state index contributed by atoms with van der Waals surface area (Å²) in [5.41, 5.74) is 0. The Labute approximate surface area is 124 Å². The van der Waals surface area contributed by atoms with Crippen LogP contribution in [0.1, 0.15) is 58.8 Å². The Hall–Kier alpha value is -0.130. The summed E-state index contributed by atoms with van der Waals surface area (Å²) in [7, 11) is -3.03. The van der Waals surface area contributed by atoms with E-state index < -0.39 is 10.0 Å². The lowest BCUT2D eigenvalue weighted by Gasteiger charge is -2.31. The van der Waals surface area contributed by atoms with E-state index >= 15 is 0 Å². The lowest BCUT2D eigenvalue weighted by Crippen LogP contribution is -2.40. The third-order valence-electron chi connectivity index (χ3n) is 4.70. The van der Waals surface area contributed by atoms with Gasteiger partial charge in [0.15, 0.2) is 0 Å². The summed E-state index contributed by atoms with van der Waals surface area (Å²) in [5.74, 6) is 0.969. The van der Waals surface area contributed by atoms with Crippen LogP contribution in [0.4, 0.5) is 0 Å². The van der Waals surface area contributed by atoms with Crippen molar-refractivity contribution in [2.24, 2.45) is 5.92 Å². The van der Waals surface area contributed by atoms with Gasteiger partial charge in [0, 0.05) is 18.6 Å². The average molecular weight is 302 g/mol. The standard InChI is InChI=1S/C15H30N2O2S/c1-13(2)16-10-5-6-12-20(18,19)17-11-9-14-7-3-4-8-15(14)17/h13-16H,3-12H2,1-2H3. The topological polar surface area (TPSA) is 49.4 Å². The van der Waals surface area contributed by atoms with Gasteiger partial charge >= 0.3 is 0 Å². The van der Waals surface area contributed by atoms with Gasteiger partial charge in [-0.25, -0.2) is 8.42 Å². The van der Waals surface area contributed by atoms with Crippen molar-refractivity contribution in [3.8, 4) is 0 Å². The van der Waals surface area contributed by atoms with Gasteiger partial charge in [0.1, 0.15) is 0 Å². The molecule has 2 fully saturated rings. The van der Waals surface area contributed by atoms with Crippen molar-refractivity contribution >= 4 is 10.0 Å². The molecule has 2 rings (SSSR count). The van der Waals surface area contributed by atoms with Crippen LogP contribution in [0.2, 0.25) is 0 Å². The van der Waals surface area contributed by atoms with Crippen molar-refractivity contribution in [2.45, 2.75) is 70.9 Å². The van der Waals surface area contributed by atoms with Crippen molar-refractivity contribution in [1.29, 1.82) is 0 Å². The van der Waals surface area contributed by atoms with E-state index in [4.69, 9.17) is 0 Å². The molecule has 2 unspecified atom stereocenters. The highest BCUT2D eigenvalue weighted by molar-refractivity contribution is 7.89. The Morgan fingerprint density at radius 2 is 1.90 bits per heavy atom. The van der Waals surface area contributed by atoms with Crippen LogP contribution in [0.5, 0.6) is 0 Å². The van der Waals surface area contributed by atoms with Gasteiger partial charge in [0.2, 0.25) is 10.0 Å². The second-order valence-corrected chi connectivity index (χ2v) is 8.68. The fourth-order valence-corrected chi connectivity index (χ4v) is 5.50. The molecule has 0 aromatic heterocycles. The van der Waals surface area contributed by atoms with Crippen LogP contribution in [0.3, 0.4) is 0 Å². The van der Waals surface area contributed by atoms with Crippen LogP contribution in [0.15, 0.2) is 0 Å². The van der Waals surface area contributed by atoms with E-state index in [9.17, 15) is 8.42 Å². The lowest BCUT2D eigenvalue weighted by molar-refractivity contribution is 0.260. The normalized spacial score (nSPS) is 27.9. The van der Waals surface area contributed by atoms with Crippen molar-refractivity contribution < 1.29 is 8.42 Å². The van der Waals surface area contributed by atoms with Gasteiger partial charge in [-0.05, 0) is 44.6 Å². The van der Waals surface area contributed by atoms with Crippen molar-refractivity contribution in [1.82, 2.24) is 9.62 Å². The van der Waals surface area contributed by atoms with E-state index in [1.54, 1.807) is 0 Å². The van der Waals surface area contributed by atoms with Crippen molar-refractivity contribution in [2.75, 3.05) is 18.8 Å². The van der Waals surface area contributed by atoms with E-state index in [1.807, 2.05) is 4.31 Å². The molecular formula is C15H30N2O2S. The van der Waals surface area contributed by atoms with Crippen LogP contribution in [0.25, 0.3) is 0 Å². The highest BCUT2D eigenvalue weighted by Crippen LogP contribution is 2.37. The largest absolute Gasteiger partial charge is 0.315 e. The first-order valence-corrected chi connectivity index (χ1v) is 9.84. The van der Waals surface area contributed by atoms with Gasteiger partial charge in [-0.15, -0.1) is 0 Å². The summed E-state index contributed by atoms with van der Waals surface area (Å²) < 4.78 is 26.8. The van der Waals surface area contributed by atoms with Gasteiger partial charge in [0.25, 0.3) is 0 Å². The average Bonchev–Trinajstić information content (AvgIpc) is 2.82. The van der Waals surface area contributed by atoms with Gasteiger partial charge in [-0.3, -0.25) is 0 Å². The predicted octanol–water partition coefficient (Wildman–Crippen LogP) is 2.36. The zero-order valence-corrected chi connectivity index (χ0v) is 13.8. The fourth-order valence-electron chi connectivity index (χ4n) is 3.63. The van der Waals surface area contributed by atoms with Crippen LogP contribution in [-0.4, -0.2) is 43.6 Å². The highest BCUT2D eigenvalue weighted by atomic mass is 32.2. The van der Waals surface area contributed by atoms with Crippen molar-refractivity contribution in [3.63, 3.8) is 0 Å². The number of unbranched alkanes of at least 4 members (excludes halogenated alkanes) is 1. The second-order valence-electron chi connectivity index (χ2n) is 6.64. The number of hydrogen-bond acceptors (Lipinski definition) is 3. The highest BCUT2D eigenvalue weighted by Gasteiger charge is 2.41. The van der Waals surface area contributed by atoms with E-state index in [0.29, 0.717) is 23.8 Å². The van der Waals surface area contributed by atoms with Gasteiger partial charge < -0.3 is 5.32 Å².